The van der Waals surface area contributed by atoms with E-state index in [2.05, 4.69) is 13.8 Å². The van der Waals surface area contributed by atoms with Crippen LogP contribution in [0.3, 0.4) is 0 Å². The van der Waals surface area contributed by atoms with Gasteiger partial charge in [0.15, 0.2) is 0 Å². The molecule has 146 valence electrons. The van der Waals surface area contributed by atoms with Crippen LogP contribution in [0.2, 0.25) is 0 Å². The van der Waals surface area contributed by atoms with Crippen molar-refractivity contribution in [2.75, 3.05) is 6.61 Å². The largest absolute Gasteiger partial charge is 0.396 e. The van der Waals surface area contributed by atoms with E-state index in [0.29, 0.717) is 12.5 Å². The van der Waals surface area contributed by atoms with Gasteiger partial charge in [-0.3, -0.25) is 0 Å². The van der Waals surface area contributed by atoms with Gasteiger partial charge in [0.25, 0.3) is 0 Å². The number of aliphatic hydroxyl groups excluding tert-OH is 1. The first-order chi connectivity index (χ1) is 11.8. The molecule has 0 rings (SSSR count). The van der Waals surface area contributed by atoms with Crippen molar-refractivity contribution in [2.24, 2.45) is 5.92 Å². The van der Waals surface area contributed by atoms with E-state index in [0.717, 1.165) is 0 Å². The summed E-state index contributed by atoms with van der Waals surface area (Å²) in [5.74, 6) is 0.578. The first kappa shape index (κ1) is 24.0. The number of aliphatic hydroxyl groups is 1. The lowest BCUT2D eigenvalue weighted by atomic mass is 9.94. The Bertz CT molecular complexity index is 214. The molecule has 1 N–H and O–H groups in total. The predicted molar refractivity (Wildman–Crippen MR) is 110 cm³/mol. The van der Waals surface area contributed by atoms with Gasteiger partial charge in [-0.25, -0.2) is 0 Å². The third-order valence-electron chi connectivity index (χ3n) is 5.44. The highest BCUT2D eigenvalue weighted by molar-refractivity contribution is 4.59. The van der Waals surface area contributed by atoms with E-state index in [-0.39, 0.29) is 0 Å². The first-order valence-electron chi connectivity index (χ1n) is 11.5. The molecule has 0 aromatic heterocycles. The first-order valence-corrected chi connectivity index (χ1v) is 11.5. The van der Waals surface area contributed by atoms with Crippen molar-refractivity contribution in [1.29, 1.82) is 0 Å². The van der Waals surface area contributed by atoms with Gasteiger partial charge in [0.05, 0.1) is 0 Å². The zero-order chi connectivity index (χ0) is 17.7. The maximum Gasteiger partial charge on any atom is 0.0459 e. The van der Waals surface area contributed by atoms with Gasteiger partial charge >= 0.3 is 0 Å². The van der Waals surface area contributed by atoms with E-state index in [1.165, 1.54) is 122 Å². The summed E-state index contributed by atoms with van der Waals surface area (Å²) in [5, 5.41) is 9.55. The molecule has 0 heterocycles. The number of hydrogen-bond acceptors (Lipinski definition) is 1. The number of rotatable bonds is 20. The molecule has 0 aromatic carbocycles. The lowest BCUT2D eigenvalue weighted by molar-refractivity contribution is 0.204. The van der Waals surface area contributed by atoms with Gasteiger partial charge in [0, 0.05) is 6.61 Å². The smallest absolute Gasteiger partial charge is 0.0459 e. The van der Waals surface area contributed by atoms with Crippen molar-refractivity contribution in [1.82, 2.24) is 0 Å². The molecule has 0 spiro atoms. The summed E-state index contributed by atoms with van der Waals surface area (Å²) in [6, 6.07) is 0. The Balaban J connectivity index is 3.28. The van der Waals surface area contributed by atoms with Gasteiger partial charge in [-0.1, -0.05) is 123 Å². The van der Waals surface area contributed by atoms with Crippen LogP contribution in [0.25, 0.3) is 0 Å². The van der Waals surface area contributed by atoms with Crippen molar-refractivity contribution in [2.45, 2.75) is 136 Å². The summed E-state index contributed by atoms with van der Waals surface area (Å²) in [4.78, 5) is 0. The van der Waals surface area contributed by atoms with Crippen molar-refractivity contribution in [3.8, 4) is 0 Å². The molecule has 0 saturated heterocycles. The minimum atomic E-state index is 0.410. The van der Waals surface area contributed by atoms with Crippen LogP contribution in [-0.2, 0) is 0 Å². The Kier molecular flexibility index (Phi) is 21.0. The second-order valence-corrected chi connectivity index (χ2v) is 7.93. The fourth-order valence-corrected chi connectivity index (χ4v) is 3.64. The summed E-state index contributed by atoms with van der Waals surface area (Å²) in [6.07, 6.45) is 26.2. The van der Waals surface area contributed by atoms with Crippen molar-refractivity contribution < 1.29 is 5.11 Å². The molecule has 0 radical (unpaired) electrons. The third kappa shape index (κ3) is 18.3. The maximum atomic E-state index is 9.55. The molecule has 0 saturated carbocycles. The van der Waals surface area contributed by atoms with E-state index in [4.69, 9.17) is 0 Å². The second kappa shape index (κ2) is 21.0. The van der Waals surface area contributed by atoms with Crippen molar-refractivity contribution in [3.63, 3.8) is 0 Å². The summed E-state index contributed by atoms with van der Waals surface area (Å²) in [7, 11) is 0. The minimum Gasteiger partial charge on any atom is -0.396 e. The molecule has 1 atom stereocenters. The topological polar surface area (TPSA) is 20.2 Å². The standard InChI is InChI=1S/C23H48O/c1-3-5-7-9-11-13-15-17-19-21-23(22-24)20-18-16-14-12-10-8-6-4-2/h23-24H,3-22H2,1-2H3. The SMILES string of the molecule is CCCCCCCCCCCC(CO)CCCCCCCCCC. The molecule has 24 heavy (non-hydrogen) atoms. The Hall–Kier alpha value is -0.0400. The Labute approximate surface area is 154 Å². The second-order valence-electron chi connectivity index (χ2n) is 7.93. The quantitative estimate of drug-likeness (QED) is 0.222. The molecule has 0 aromatic rings. The molecular formula is C23H48O. The summed E-state index contributed by atoms with van der Waals surface area (Å²) in [5.41, 5.74) is 0. The molecule has 0 bridgehead atoms. The van der Waals surface area contributed by atoms with Crippen molar-refractivity contribution in [3.05, 3.63) is 0 Å². The average Bonchev–Trinajstić information content (AvgIpc) is 2.60. The molecular weight excluding hydrogens is 292 g/mol. The minimum absolute atomic E-state index is 0.410. The molecule has 0 aliphatic rings. The molecule has 0 aliphatic heterocycles. The van der Waals surface area contributed by atoms with E-state index in [9.17, 15) is 5.11 Å². The van der Waals surface area contributed by atoms with E-state index >= 15 is 0 Å². The zero-order valence-electron chi connectivity index (χ0n) is 17.2. The van der Waals surface area contributed by atoms with Crippen LogP contribution in [-0.4, -0.2) is 11.7 Å². The highest BCUT2D eigenvalue weighted by Gasteiger charge is 2.06. The fraction of sp³-hybridized carbons (Fsp3) is 1.00. The van der Waals surface area contributed by atoms with Gasteiger partial charge < -0.3 is 5.11 Å². The van der Waals surface area contributed by atoms with Gasteiger partial charge in [0.1, 0.15) is 0 Å². The lowest BCUT2D eigenvalue weighted by Gasteiger charge is -2.13. The van der Waals surface area contributed by atoms with Crippen molar-refractivity contribution >= 4 is 0 Å². The lowest BCUT2D eigenvalue weighted by Crippen LogP contribution is -2.06. The summed E-state index contributed by atoms with van der Waals surface area (Å²) in [6.45, 7) is 4.97. The van der Waals surface area contributed by atoms with Gasteiger partial charge in [-0.2, -0.15) is 0 Å². The highest BCUT2D eigenvalue weighted by atomic mass is 16.3. The Morgan fingerprint density at radius 3 is 1.04 bits per heavy atom. The highest BCUT2D eigenvalue weighted by Crippen LogP contribution is 2.19. The monoisotopic (exact) mass is 340 g/mol. The van der Waals surface area contributed by atoms with Gasteiger partial charge in [0.2, 0.25) is 0 Å². The van der Waals surface area contributed by atoms with E-state index in [1.807, 2.05) is 0 Å². The zero-order valence-corrected chi connectivity index (χ0v) is 17.2. The molecule has 0 aliphatic carbocycles. The molecule has 0 amide bonds. The summed E-state index contributed by atoms with van der Waals surface area (Å²) < 4.78 is 0. The maximum absolute atomic E-state index is 9.55. The van der Waals surface area contributed by atoms with Crippen LogP contribution in [0.4, 0.5) is 0 Å². The Morgan fingerprint density at radius 2 is 0.750 bits per heavy atom. The molecule has 1 nitrogen and oxygen atoms in total. The number of hydrogen-bond donors (Lipinski definition) is 1. The van der Waals surface area contributed by atoms with Crippen LogP contribution in [0.1, 0.15) is 136 Å². The van der Waals surface area contributed by atoms with Crippen LogP contribution < -0.4 is 0 Å². The van der Waals surface area contributed by atoms with E-state index < -0.39 is 0 Å². The Morgan fingerprint density at radius 1 is 0.458 bits per heavy atom. The normalized spacial score (nSPS) is 12.6. The van der Waals surface area contributed by atoms with Crippen LogP contribution >= 0.6 is 0 Å². The predicted octanol–water partition coefficient (Wildman–Crippen LogP) is 8.05. The third-order valence-corrected chi connectivity index (χ3v) is 5.44. The van der Waals surface area contributed by atoms with E-state index in [1.54, 1.807) is 0 Å². The summed E-state index contributed by atoms with van der Waals surface area (Å²) >= 11 is 0. The van der Waals surface area contributed by atoms with Gasteiger partial charge in [-0.05, 0) is 18.8 Å². The van der Waals surface area contributed by atoms with Crippen LogP contribution in [0.15, 0.2) is 0 Å². The number of unbranched alkanes of at least 4 members (excludes halogenated alkanes) is 15. The van der Waals surface area contributed by atoms with Gasteiger partial charge in [-0.15, -0.1) is 0 Å². The average molecular weight is 341 g/mol. The fourth-order valence-electron chi connectivity index (χ4n) is 3.64. The van der Waals surface area contributed by atoms with Crippen LogP contribution in [0.5, 0.6) is 0 Å². The molecule has 1 unspecified atom stereocenters. The van der Waals surface area contributed by atoms with Crippen LogP contribution in [0, 0.1) is 5.92 Å². The molecule has 1 heteroatoms. The molecule has 0 fully saturated rings.